The fourth-order valence-corrected chi connectivity index (χ4v) is 3.87. The lowest BCUT2D eigenvalue weighted by atomic mass is 9.70. The van der Waals surface area contributed by atoms with Gasteiger partial charge in [-0.05, 0) is 70.7 Å². The fourth-order valence-electron chi connectivity index (χ4n) is 3.87. The van der Waals surface area contributed by atoms with E-state index in [1.54, 1.807) is 0 Å². The SMILES string of the molecule is CC1CCC(CN)(CN2CCC(N(C)C)CC2)CC1. The summed E-state index contributed by atoms with van der Waals surface area (Å²) in [4.78, 5) is 5.07. The van der Waals surface area contributed by atoms with E-state index in [0.717, 1.165) is 18.5 Å². The summed E-state index contributed by atoms with van der Waals surface area (Å²) in [6, 6.07) is 0.788. The van der Waals surface area contributed by atoms with Gasteiger partial charge in [-0.1, -0.05) is 19.8 Å². The van der Waals surface area contributed by atoms with Crippen LogP contribution in [0.1, 0.15) is 45.4 Å². The Bertz CT molecular complexity index is 261. The molecule has 0 radical (unpaired) electrons. The Hall–Kier alpha value is -0.120. The van der Waals surface area contributed by atoms with E-state index in [2.05, 4.69) is 30.8 Å². The summed E-state index contributed by atoms with van der Waals surface area (Å²) in [5.74, 6) is 0.916. The van der Waals surface area contributed by atoms with Crippen molar-refractivity contribution in [2.75, 3.05) is 40.3 Å². The van der Waals surface area contributed by atoms with Crippen molar-refractivity contribution in [2.45, 2.75) is 51.5 Å². The molecule has 1 aliphatic heterocycles. The molecule has 2 N–H and O–H groups in total. The topological polar surface area (TPSA) is 32.5 Å². The minimum atomic E-state index is 0.428. The van der Waals surface area contributed by atoms with Crippen molar-refractivity contribution in [1.82, 2.24) is 9.80 Å². The molecule has 3 heteroatoms. The minimum absolute atomic E-state index is 0.428. The predicted molar refractivity (Wildman–Crippen MR) is 82.3 cm³/mol. The Labute approximate surface area is 119 Å². The number of nitrogens with zero attached hydrogens (tertiary/aromatic N) is 2. The molecule has 2 aliphatic rings. The quantitative estimate of drug-likeness (QED) is 0.847. The molecule has 0 amide bonds. The van der Waals surface area contributed by atoms with Crippen LogP contribution < -0.4 is 5.73 Å². The van der Waals surface area contributed by atoms with Crippen LogP contribution >= 0.6 is 0 Å². The van der Waals surface area contributed by atoms with Gasteiger partial charge in [0.05, 0.1) is 0 Å². The third-order valence-electron chi connectivity index (χ3n) is 5.61. The second-order valence-corrected chi connectivity index (χ2v) is 7.36. The number of likely N-dealkylation sites (tertiary alicyclic amines) is 1. The highest BCUT2D eigenvalue weighted by molar-refractivity contribution is 4.90. The van der Waals surface area contributed by atoms with Gasteiger partial charge >= 0.3 is 0 Å². The molecule has 19 heavy (non-hydrogen) atoms. The molecule has 0 aromatic carbocycles. The van der Waals surface area contributed by atoms with E-state index in [9.17, 15) is 0 Å². The molecule has 3 nitrogen and oxygen atoms in total. The van der Waals surface area contributed by atoms with Crippen molar-refractivity contribution in [3.8, 4) is 0 Å². The van der Waals surface area contributed by atoms with E-state index >= 15 is 0 Å². The van der Waals surface area contributed by atoms with Crippen molar-refractivity contribution in [3.05, 3.63) is 0 Å². The van der Waals surface area contributed by atoms with Crippen LogP contribution in [-0.2, 0) is 0 Å². The lowest BCUT2D eigenvalue weighted by Gasteiger charge is -2.44. The summed E-state index contributed by atoms with van der Waals surface area (Å²) in [6.07, 6.45) is 8.10. The highest BCUT2D eigenvalue weighted by atomic mass is 15.2. The molecule has 0 unspecified atom stereocenters. The van der Waals surface area contributed by atoms with Crippen LogP contribution in [0.25, 0.3) is 0 Å². The van der Waals surface area contributed by atoms with Crippen molar-refractivity contribution in [2.24, 2.45) is 17.1 Å². The largest absolute Gasteiger partial charge is 0.330 e. The zero-order chi connectivity index (χ0) is 13.9. The lowest BCUT2D eigenvalue weighted by molar-refractivity contribution is 0.0651. The molecule has 1 saturated carbocycles. The van der Waals surface area contributed by atoms with Crippen molar-refractivity contribution in [1.29, 1.82) is 0 Å². The van der Waals surface area contributed by atoms with Gasteiger partial charge in [-0.15, -0.1) is 0 Å². The van der Waals surface area contributed by atoms with Gasteiger partial charge in [-0.25, -0.2) is 0 Å². The summed E-state index contributed by atoms with van der Waals surface area (Å²) in [5.41, 5.74) is 6.57. The smallest absolute Gasteiger partial charge is 0.0113 e. The summed E-state index contributed by atoms with van der Waals surface area (Å²) < 4.78 is 0. The van der Waals surface area contributed by atoms with Crippen LogP contribution in [0.4, 0.5) is 0 Å². The number of rotatable bonds is 4. The van der Waals surface area contributed by atoms with Gasteiger partial charge in [0.2, 0.25) is 0 Å². The monoisotopic (exact) mass is 267 g/mol. The molecule has 112 valence electrons. The van der Waals surface area contributed by atoms with E-state index in [1.165, 1.54) is 58.2 Å². The Morgan fingerprint density at radius 2 is 1.68 bits per heavy atom. The number of piperidine rings is 1. The first kappa shape index (κ1) is 15.3. The maximum Gasteiger partial charge on any atom is 0.0113 e. The zero-order valence-electron chi connectivity index (χ0n) is 13.2. The normalized spacial score (nSPS) is 34.9. The fraction of sp³-hybridized carbons (Fsp3) is 1.00. The second-order valence-electron chi connectivity index (χ2n) is 7.36. The van der Waals surface area contributed by atoms with E-state index in [4.69, 9.17) is 5.73 Å². The Kier molecular flexibility index (Phi) is 5.27. The number of hydrogen-bond donors (Lipinski definition) is 1. The summed E-state index contributed by atoms with van der Waals surface area (Å²) >= 11 is 0. The van der Waals surface area contributed by atoms with E-state index < -0.39 is 0 Å². The Morgan fingerprint density at radius 3 is 2.16 bits per heavy atom. The third kappa shape index (κ3) is 3.93. The van der Waals surface area contributed by atoms with E-state index in [-0.39, 0.29) is 0 Å². The van der Waals surface area contributed by atoms with Gasteiger partial charge < -0.3 is 15.5 Å². The second kappa shape index (κ2) is 6.55. The molecule has 2 fully saturated rings. The van der Waals surface area contributed by atoms with Crippen LogP contribution in [0.15, 0.2) is 0 Å². The third-order valence-corrected chi connectivity index (χ3v) is 5.61. The summed E-state index contributed by atoms with van der Waals surface area (Å²) in [6.45, 7) is 7.05. The van der Waals surface area contributed by atoms with E-state index in [0.29, 0.717) is 5.41 Å². The van der Waals surface area contributed by atoms with Gasteiger partial charge in [0.1, 0.15) is 0 Å². The molecule has 0 spiro atoms. The predicted octanol–water partition coefficient (Wildman–Crippen LogP) is 2.17. The lowest BCUT2D eigenvalue weighted by Crippen LogP contribution is -2.49. The van der Waals surface area contributed by atoms with Crippen LogP contribution in [0, 0.1) is 11.3 Å². The summed E-state index contributed by atoms with van der Waals surface area (Å²) in [5, 5.41) is 0. The maximum atomic E-state index is 6.14. The van der Waals surface area contributed by atoms with Gasteiger partial charge in [0.25, 0.3) is 0 Å². The van der Waals surface area contributed by atoms with Crippen molar-refractivity contribution >= 4 is 0 Å². The van der Waals surface area contributed by atoms with Crippen molar-refractivity contribution < 1.29 is 0 Å². The van der Waals surface area contributed by atoms with Gasteiger partial charge in [-0.2, -0.15) is 0 Å². The molecule has 0 aromatic heterocycles. The molecular weight excluding hydrogens is 234 g/mol. The van der Waals surface area contributed by atoms with Gasteiger partial charge in [0, 0.05) is 12.6 Å². The average Bonchev–Trinajstić information content (AvgIpc) is 2.42. The molecule has 2 rings (SSSR count). The molecular formula is C16H33N3. The standard InChI is InChI=1S/C16H33N3/c1-14-4-8-16(12-17,9-5-14)13-19-10-6-15(7-11-19)18(2)3/h14-15H,4-13,17H2,1-3H3. The molecule has 1 heterocycles. The maximum absolute atomic E-state index is 6.14. The van der Waals surface area contributed by atoms with Crippen molar-refractivity contribution in [3.63, 3.8) is 0 Å². The molecule has 0 bridgehead atoms. The Morgan fingerprint density at radius 1 is 1.11 bits per heavy atom. The first-order chi connectivity index (χ1) is 9.04. The van der Waals surface area contributed by atoms with Crippen LogP contribution in [0.3, 0.4) is 0 Å². The van der Waals surface area contributed by atoms with Gasteiger partial charge in [0.15, 0.2) is 0 Å². The van der Waals surface area contributed by atoms with Gasteiger partial charge in [-0.3, -0.25) is 0 Å². The molecule has 0 atom stereocenters. The highest BCUT2D eigenvalue weighted by Crippen LogP contribution is 2.39. The van der Waals surface area contributed by atoms with Crippen LogP contribution in [0.5, 0.6) is 0 Å². The molecule has 0 aromatic rings. The number of hydrogen-bond acceptors (Lipinski definition) is 3. The summed E-state index contributed by atoms with van der Waals surface area (Å²) in [7, 11) is 4.43. The molecule has 1 saturated heterocycles. The van der Waals surface area contributed by atoms with Crippen LogP contribution in [-0.4, -0.2) is 56.1 Å². The molecule has 1 aliphatic carbocycles. The van der Waals surface area contributed by atoms with E-state index in [1.807, 2.05) is 0 Å². The zero-order valence-corrected chi connectivity index (χ0v) is 13.2. The average molecular weight is 267 g/mol. The minimum Gasteiger partial charge on any atom is -0.330 e. The number of nitrogens with two attached hydrogens (primary N) is 1. The highest BCUT2D eigenvalue weighted by Gasteiger charge is 2.35. The first-order valence-electron chi connectivity index (χ1n) is 8.13. The Balaban J connectivity index is 1.83. The van der Waals surface area contributed by atoms with Crippen LogP contribution in [0.2, 0.25) is 0 Å². The first-order valence-corrected chi connectivity index (χ1v) is 8.13.